The predicted molar refractivity (Wildman–Crippen MR) is 153 cm³/mol. The maximum atomic E-state index is 13.5. The molecule has 1 saturated carbocycles. The molecule has 1 amide bonds. The monoisotopic (exact) mass is 521 g/mol. The molecular formula is C30H47N7O. The summed E-state index contributed by atoms with van der Waals surface area (Å²) in [6, 6.07) is 2.90. The van der Waals surface area contributed by atoms with E-state index in [2.05, 4.69) is 78.1 Å². The molecule has 3 heterocycles. The van der Waals surface area contributed by atoms with Crippen molar-refractivity contribution < 1.29 is 4.79 Å². The zero-order valence-corrected chi connectivity index (χ0v) is 24.4. The van der Waals surface area contributed by atoms with Crippen molar-refractivity contribution in [3.05, 3.63) is 35.4 Å². The van der Waals surface area contributed by atoms with Gasteiger partial charge in [0.1, 0.15) is 6.33 Å². The SMILES string of the molecule is Cc1cc(-c2[nH]nc(C(=O)N[C@H]3CC[C@@H](N(CCC(C)C)CCC(C)C)CC3)c2C(C)C)cn2ncnc12. The number of H-pyrrole nitrogens is 1. The molecule has 0 unspecified atom stereocenters. The summed E-state index contributed by atoms with van der Waals surface area (Å²) in [5.74, 6) is 1.52. The lowest BCUT2D eigenvalue weighted by Crippen LogP contribution is -2.45. The van der Waals surface area contributed by atoms with Gasteiger partial charge >= 0.3 is 0 Å². The topological polar surface area (TPSA) is 91.2 Å². The van der Waals surface area contributed by atoms with Gasteiger partial charge in [-0.25, -0.2) is 9.50 Å². The van der Waals surface area contributed by atoms with Gasteiger partial charge in [0.2, 0.25) is 0 Å². The van der Waals surface area contributed by atoms with Gasteiger partial charge in [0.05, 0.1) is 5.69 Å². The summed E-state index contributed by atoms with van der Waals surface area (Å²) in [4.78, 5) is 20.5. The summed E-state index contributed by atoms with van der Waals surface area (Å²) in [6.45, 7) is 17.9. The number of amides is 1. The fraction of sp³-hybridized carbons (Fsp3) is 0.667. The van der Waals surface area contributed by atoms with Crippen molar-refractivity contribution in [1.82, 2.24) is 35.0 Å². The Morgan fingerprint density at radius 1 is 1.08 bits per heavy atom. The van der Waals surface area contributed by atoms with Gasteiger partial charge in [-0.15, -0.1) is 0 Å². The minimum Gasteiger partial charge on any atom is -0.348 e. The van der Waals surface area contributed by atoms with Gasteiger partial charge in [0.15, 0.2) is 11.3 Å². The van der Waals surface area contributed by atoms with Crippen LogP contribution >= 0.6 is 0 Å². The van der Waals surface area contributed by atoms with E-state index in [0.29, 0.717) is 11.7 Å². The normalized spacial score (nSPS) is 18.4. The number of aryl methyl sites for hydroxylation is 1. The Morgan fingerprint density at radius 3 is 2.34 bits per heavy atom. The van der Waals surface area contributed by atoms with E-state index in [1.54, 1.807) is 10.8 Å². The van der Waals surface area contributed by atoms with Crippen LogP contribution in [0.4, 0.5) is 0 Å². The first-order valence-electron chi connectivity index (χ1n) is 14.6. The number of nitrogens with one attached hydrogen (secondary N) is 2. The largest absolute Gasteiger partial charge is 0.348 e. The van der Waals surface area contributed by atoms with Gasteiger partial charge in [-0.3, -0.25) is 9.89 Å². The second kappa shape index (κ2) is 12.4. The molecule has 4 rings (SSSR count). The smallest absolute Gasteiger partial charge is 0.272 e. The Balaban J connectivity index is 1.43. The van der Waals surface area contributed by atoms with Crippen molar-refractivity contribution in [2.24, 2.45) is 11.8 Å². The third kappa shape index (κ3) is 6.63. The molecule has 0 spiro atoms. The summed E-state index contributed by atoms with van der Waals surface area (Å²) in [5.41, 5.74) is 5.15. The number of nitrogens with zero attached hydrogens (tertiary/aromatic N) is 5. The number of pyridine rings is 1. The minimum atomic E-state index is -0.0744. The first-order chi connectivity index (χ1) is 18.1. The second-order valence-electron chi connectivity index (χ2n) is 12.3. The number of fused-ring (bicyclic) bond motifs is 1. The van der Waals surface area contributed by atoms with E-state index < -0.39 is 0 Å². The van der Waals surface area contributed by atoms with Crippen molar-refractivity contribution >= 4 is 11.6 Å². The second-order valence-corrected chi connectivity index (χ2v) is 12.3. The molecule has 0 atom stereocenters. The molecule has 1 aliphatic carbocycles. The van der Waals surface area contributed by atoms with Crippen LogP contribution in [0.25, 0.3) is 16.9 Å². The van der Waals surface area contributed by atoms with Crippen molar-refractivity contribution in [2.75, 3.05) is 13.1 Å². The number of aromatic nitrogens is 5. The highest BCUT2D eigenvalue weighted by Gasteiger charge is 2.29. The van der Waals surface area contributed by atoms with Crippen molar-refractivity contribution in [2.45, 2.75) is 105 Å². The van der Waals surface area contributed by atoms with E-state index in [4.69, 9.17) is 0 Å². The molecular weight excluding hydrogens is 474 g/mol. The van der Waals surface area contributed by atoms with Gasteiger partial charge < -0.3 is 10.2 Å². The number of carbonyl (C=O) groups excluding carboxylic acids is 1. The fourth-order valence-electron chi connectivity index (χ4n) is 5.70. The molecule has 38 heavy (non-hydrogen) atoms. The molecule has 2 N–H and O–H groups in total. The molecule has 0 radical (unpaired) electrons. The zero-order chi connectivity index (χ0) is 27.4. The maximum Gasteiger partial charge on any atom is 0.272 e. The van der Waals surface area contributed by atoms with E-state index in [1.165, 1.54) is 25.9 Å². The minimum absolute atomic E-state index is 0.0744. The molecule has 0 aliphatic heterocycles. The molecule has 3 aromatic heterocycles. The van der Waals surface area contributed by atoms with Gasteiger partial charge in [-0.05, 0) is 87.9 Å². The highest BCUT2D eigenvalue weighted by Crippen LogP contribution is 2.32. The van der Waals surface area contributed by atoms with Crippen LogP contribution in [0.1, 0.15) is 108 Å². The molecule has 8 nitrogen and oxygen atoms in total. The summed E-state index contributed by atoms with van der Waals surface area (Å²) in [6.07, 6.45) is 10.3. The van der Waals surface area contributed by atoms with Gasteiger partial charge in [0, 0.05) is 29.4 Å². The Labute approximate surface area is 228 Å². The summed E-state index contributed by atoms with van der Waals surface area (Å²) in [5, 5.41) is 15.3. The van der Waals surface area contributed by atoms with Gasteiger partial charge in [-0.1, -0.05) is 41.5 Å². The number of aromatic amines is 1. The highest BCUT2D eigenvalue weighted by molar-refractivity contribution is 5.96. The fourth-order valence-corrected chi connectivity index (χ4v) is 5.70. The molecule has 1 fully saturated rings. The van der Waals surface area contributed by atoms with Crippen molar-refractivity contribution in [3.8, 4) is 11.3 Å². The molecule has 0 aromatic carbocycles. The van der Waals surface area contributed by atoms with Crippen molar-refractivity contribution in [1.29, 1.82) is 0 Å². The van der Waals surface area contributed by atoms with Crippen LogP contribution in [0.15, 0.2) is 18.6 Å². The summed E-state index contributed by atoms with van der Waals surface area (Å²) >= 11 is 0. The first-order valence-corrected chi connectivity index (χ1v) is 14.6. The Kier molecular flexibility index (Phi) is 9.23. The lowest BCUT2D eigenvalue weighted by Gasteiger charge is -2.38. The first kappa shape index (κ1) is 28.3. The lowest BCUT2D eigenvalue weighted by molar-refractivity contribution is 0.0889. The van der Waals surface area contributed by atoms with Crippen molar-refractivity contribution in [3.63, 3.8) is 0 Å². The standard InChI is InChI=1S/C30H47N7O/c1-19(2)12-14-36(15-13-20(3)4)25-10-8-24(9-11-25)33-30(38)28-26(21(5)6)27(34-35-28)23-16-22(7)29-31-18-32-37(29)17-23/h16-21,24-25H,8-15H2,1-7H3,(H,33,38)(H,34,35)/t24-,25+. The molecule has 0 bridgehead atoms. The van der Waals surface area contributed by atoms with Crippen LogP contribution in [-0.4, -0.2) is 60.8 Å². The van der Waals surface area contributed by atoms with Gasteiger partial charge in [0.25, 0.3) is 5.91 Å². The average molecular weight is 522 g/mol. The van der Waals surface area contributed by atoms with Crippen LogP contribution in [0, 0.1) is 18.8 Å². The van der Waals surface area contributed by atoms with E-state index in [9.17, 15) is 4.79 Å². The maximum absolute atomic E-state index is 13.5. The van der Waals surface area contributed by atoms with Crippen LogP contribution in [0.2, 0.25) is 0 Å². The predicted octanol–water partition coefficient (Wildman–Crippen LogP) is 5.99. The van der Waals surface area contributed by atoms with Gasteiger partial charge in [-0.2, -0.15) is 10.2 Å². The highest BCUT2D eigenvalue weighted by atomic mass is 16.2. The molecule has 8 heteroatoms. The number of hydrogen-bond acceptors (Lipinski definition) is 5. The molecule has 0 saturated heterocycles. The third-order valence-corrected chi connectivity index (χ3v) is 7.98. The molecule has 3 aromatic rings. The van der Waals surface area contributed by atoms with E-state index in [0.717, 1.165) is 65.6 Å². The third-order valence-electron chi connectivity index (χ3n) is 7.98. The van der Waals surface area contributed by atoms with Crippen LogP contribution in [-0.2, 0) is 0 Å². The average Bonchev–Trinajstić information content (AvgIpc) is 3.52. The number of hydrogen-bond donors (Lipinski definition) is 2. The van der Waals surface area contributed by atoms with Crippen LogP contribution in [0.3, 0.4) is 0 Å². The van der Waals surface area contributed by atoms with E-state index >= 15 is 0 Å². The van der Waals surface area contributed by atoms with Crippen LogP contribution < -0.4 is 5.32 Å². The Morgan fingerprint density at radius 2 is 1.74 bits per heavy atom. The Bertz CT molecular complexity index is 1190. The quantitative estimate of drug-likeness (QED) is 0.324. The lowest BCUT2D eigenvalue weighted by atomic mass is 9.89. The van der Waals surface area contributed by atoms with E-state index in [1.807, 2.05) is 13.1 Å². The van der Waals surface area contributed by atoms with Crippen LogP contribution in [0.5, 0.6) is 0 Å². The van der Waals surface area contributed by atoms with E-state index in [-0.39, 0.29) is 17.9 Å². The molecule has 208 valence electrons. The summed E-state index contributed by atoms with van der Waals surface area (Å²) in [7, 11) is 0. The molecule has 1 aliphatic rings. The summed E-state index contributed by atoms with van der Waals surface area (Å²) < 4.78 is 1.78. The Hall–Kier alpha value is -2.74. The zero-order valence-electron chi connectivity index (χ0n) is 24.4. The number of carbonyl (C=O) groups is 1. The number of rotatable bonds is 11.